The van der Waals surface area contributed by atoms with Gasteiger partial charge in [-0.05, 0) is 31.3 Å². The van der Waals surface area contributed by atoms with Crippen molar-refractivity contribution in [3.8, 4) is 5.75 Å². The zero-order valence-corrected chi connectivity index (χ0v) is 16.7. The van der Waals surface area contributed by atoms with E-state index in [2.05, 4.69) is 26.2 Å². The minimum absolute atomic E-state index is 0.0191. The van der Waals surface area contributed by atoms with Gasteiger partial charge in [0.15, 0.2) is 5.82 Å². The van der Waals surface area contributed by atoms with Crippen LogP contribution in [0.5, 0.6) is 5.75 Å². The highest BCUT2D eigenvalue weighted by molar-refractivity contribution is 9.10. The molecule has 0 atom stereocenters. The average molecular weight is 467 g/mol. The van der Waals surface area contributed by atoms with Crippen molar-refractivity contribution in [2.75, 3.05) is 26.0 Å². The van der Waals surface area contributed by atoms with Gasteiger partial charge in [-0.1, -0.05) is 27.5 Å². The van der Waals surface area contributed by atoms with Gasteiger partial charge in [-0.3, -0.25) is 9.69 Å². The van der Waals surface area contributed by atoms with Gasteiger partial charge in [0.2, 0.25) is 5.91 Å². The Labute approximate surface area is 167 Å². The van der Waals surface area contributed by atoms with Crippen LogP contribution in [0.2, 0.25) is 5.02 Å². The lowest BCUT2D eigenvalue weighted by molar-refractivity contribution is -0.137. The summed E-state index contributed by atoms with van der Waals surface area (Å²) in [6.45, 7) is 0.402. The lowest BCUT2D eigenvalue weighted by Crippen LogP contribution is -2.30. The minimum Gasteiger partial charge on any atom is -0.496 e. The Balaban J connectivity index is 2.00. The summed E-state index contributed by atoms with van der Waals surface area (Å²) in [5.41, 5.74) is -0.114. The predicted octanol–water partition coefficient (Wildman–Crippen LogP) is 4.60. The number of benzene rings is 1. The fourth-order valence-electron chi connectivity index (χ4n) is 2.32. The number of hydrogen-bond acceptors (Lipinski definition) is 4. The third-order valence-corrected chi connectivity index (χ3v) is 4.30. The molecule has 0 fully saturated rings. The number of carbonyl (C=O) groups is 1. The van der Waals surface area contributed by atoms with Gasteiger partial charge in [0, 0.05) is 22.8 Å². The van der Waals surface area contributed by atoms with Crippen LogP contribution in [-0.4, -0.2) is 36.5 Å². The van der Waals surface area contributed by atoms with Gasteiger partial charge in [-0.2, -0.15) is 13.2 Å². The van der Waals surface area contributed by atoms with E-state index in [-0.39, 0.29) is 17.4 Å². The normalized spacial score (nSPS) is 11.6. The molecule has 10 heteroatoms. The first-order valence-electron chi connectivity index (χ1n) is 7.63. The number of pyridine rings is 1. The maximum Gasteiger partial charge on any atom is 0.417 e. The fraction of sp³-hybridized carbons (Fsp3) is 0.294. The summed E-state index contributed by atoms with van der Waals surface area (Å²) < 4.78 is 44.0. The van der Waals surface area contributed by atoms with Crippen molar-refractivity contribution in [3.05, 3.63) is 51.1 Å². The van der Waals surface area contributed by atoms with Crippen molar-refractivity contribution in [1.29, 1.82) is 0 Å². The van der Waals surface area contributed by atoms with Gasteiger partial charge in [-0.25, -0.2) is 4.98 Å². The van der Waals surface area contributed by atoms with Crippen molar-refractivity contribution in [2.24, 2.45) is 0 Å². The molecule has 0 spiro atoms. The van der Waals surface area contributed by atoms with E-state index in [1.165, 1.54) is 0 Å². The van der Waals surface area contributed by atoms with Crippen LogP contribution in [0.25, 0.3) is 0 Å². The molecule has 27 heavy (non-hydrogen) atoms. The number of ether oxygens (including phenoxy) is 1. The van der Waals surface area contributed by atoms with Gasteiger partial charge >= 0.3 is 6.18 Å². The molecule has 0 radical (unpaired) electrons. The number of likely N-dealkylation sites (N-methyl/N-ethyl adjacent to an activating group) is 1. The SMILES string of the molecule is COc1ccc(Br)cc1CN(C)CC(=O)Nc1ncc(C(F)(F)F)cc1Cl. The van der Waals surface area contributed by atoms with Gasteiger partial charge in [0.25, 0.3) is 0 Å². The summed E-state index contributed by atoms with van der Waals surface area (Å²) in [7, 11) is 3.28. The predicted molar refractivity (Wildman–Crippen MR) is 99.9 cm³/mol. The van der Waals surface area contributed by atoms with Gasteiger partial charge in [0.1, 0.15) is 5.75 Å². The van der Waals surface area contributed by atoms with Crippen LogP contribution in [0.15, 0.2) is 34.9 Å². The first-order chi connectivity index (χ1) is 12.6. The van der Waals surface area contributed by atoms with Crippen LogP contribution in [0, 0.1) is 0 Å². The number of aromatic nitrogens is 1. The average Bonchev–Trinajstić information content (AvgIpc) is 2.55. The van der Waals surface area contributed by atoms with Crippen molar-refractivity contribution in [1.82, 2.24) is 9.88 Å². The number of anilines is 1. The first-order valence-corrected chi connectivity index (χ1v) is 8.81. The standard InChI is InChI=1S/C17H16BrClF3N3O2/c1-25(8-10-5-12(18)3-4-14(10)27-2)9-15(26)24-16-13(19)6-11(7-23-16)17(20,21)22/h3-7H,8-9H2,1-2H3,(H,23,24,26). The van der Waals surface area contributed by atoms with Crippen molar-refractivity contribution >= 4 is 39.3 Å². The summed E-state index contributed by atoms with van der Waals surface area (Å²) in [5.74, 6) is 0.0987. The largest absolute Gasteiger partial charge is 0.496 e. The Morgan fingerprint density at radius 3 is 2.67 bits per heavy atom. The molecule has 0 saturated heterocycles. The molecule has 2 aromatic rings. The number of nitrogens with zero attached hydrogens (tertiary/aromatic N) is 2. The second-order valence-corrected chi connectivity index (χ2v) is 7.05. The second kappa shape index (κ2) is 8.90. The molecule has 0 aliphatic carbocycles. The van der Waals surface area contributed by atoms with E-state index in [1.807, 2.05) is 12.1 Å². The van der Waals surface area contributed by atoms with Crippen LogP contribution >= 0.6 is 27.5 Å². The van der Waals surface area contributed by atoms with E-state index in [4.69, 9.17) is 16.3 Å². The van der Waals surface area contributed by atoms with E-state index in [1.54, 1.807) is 25.1 Å². The number of methoxy groups -OCH3 is 1. The lowest BCUT2D eigenvalue weighted by Gasteiger charge is -2.18. The Hall–Kier alpha value is -1.84. The number of hydrogen-bond donors (Lipinski definition) is 1. The maximum atomic E-state index is 12.6. The molecular weight excluding hydrogens is 451 g/mol. The van der Waals surface area contributed by atoms with Crippen molar-refractivity contribution < 1.29 is 22.7 Å². The third kappa shape index (κ3) is 6.08. The monoisotopic (exact) mass is 465 g/mol. The minimum atomic E-state index is -4.55. The number of halogens is 5. The van der Waals surface area contributed by atoms with E-state index < -0.39 is 17.6 Å². The molecule has 0 unspecified atom stereocenters. The molecule has 5 nitrogen and oxygen atoms in total. The number of alkyl halides is 3. The van der Waals surface area contributed by atoms with Crippen molar-refractivity contribution in [2.45, 2.75) is 12.7 Å². The van der Waals surface area contributed by atoms with E-state index >= 15 is 0 Å². The van der Waals surface area contributed by atoms with E-state index in [0.717, 1.165) is 16.1 Å². The summed E-state index contributed by atoms with van der Waals surface area (Å²) in [4.78, 5) is 17.5. The molecule has 0 aliphatic heterocycles. The number of amides is 1. The van der Waals surface area contributed by atoms with E-state index in [0.29, 0.717) is 18.5 Å². The molecule has 2 rings (SSSR count). The Morgan fingerprint density at radius 2 is 2.07 bits per heavy atom. The maximum absolute atomic E-state index is 12.6. The highest BCUT2D eigenvalue weighted by Gasteiger charge is 2.31. The zero-order valence-electron chi connectivity index (χ0n) is 14.4. The summed E-state index contributed by atoms with van der Waals surface area (Å²) in [6.07, 6.45) is -3.93. The number of nitrogens with one attached hydrogen (secondary N) is 1. The van der Waals surface area contributed by atoms with Gasteiger partial charge in [-0.15, -0.1) is 0 Å². The molecule has 0 bridgehead atoms. The smallest absolute Gasteiger partial charge is 0.417 e. The molecule has 1 heterocycles. The van der Waals surface area contributed by atoms with Gasteiger partial charge < -0.3 is 10.1 Å². The van der Waals surface area contributed by atoms with E-state index in [9.17, 15) is 18.0 Å². The molecule has 0 saturated carbocycles. The highest BCUT2D eigenvalue weighted by Crippen LogP contribution is 2.32. The second-order valence-electron chi connectivity index (χ2n) is 5.73. The lowest BCUT2D eigenvalue weighted by atomic mass is 10.2. The molecule has 1 amide bonds. The zero-order chi connectivity index (χ0) is 20.2. The Kier molecular flexibility index (Phi) is 7.07. The Bertz CT molecular complexity index is 834. The fourth-order valence-corrected chi connectivity index (χ4v) is 2.94. The molecular formula is C17H16BrClF3N3O2. The van der Waals surface area contributed by atoms with Gasteiger partial charge in [0.05, 0.1) is 24.2 Å². The van der Waals surface area contributed by atoms with Crippen LogP contribution in [0.1, 0.15) is 11.1 Å². The molecule has 146 valence electrons. The summed E-state index contributed by atoms with van der Waals surface area (Å²) in [6, 6.07) is 6.24. The molecule has 1 aromatic carbocycles. The summed E-state index contributed by atoms with van der Waals surface area (Å²) in [5, 5.41) is 2.13. The first kappa shape index (κ1) is 21.5. The number of rotatable bonds is 6. The molecule has 1 N–H and O–H groups in total. The third-order valence-electron chi connectivity index (χ3n) is 3.52. The topological polar surface area (TPSA) is 54.5 Å². The van der Waals surface area contributed by atoms with Crippen molar-refractivity contribution in [3.63, 3.8) is 0 Å². The molecule has 1 aromatic heterocycles. The van der Waals surface area contributed by atoms with Crippen LogP contribution in [-0.2, 0) is 17.5 Å². The van der Waals surface area contributed by atoms with Crippen LogP contribution < -0.4 is 10.1 Å². The highest BCUT2D eigenvalue weighted by atomic mass is 79.9. The van der Waals surface area contributed by atoms with Crippen LogP contribution in [0.4, 0.5) is 19.0 Å². The number of carbonyl (C=O) groups excluding carboxylic acids is 1. The quantitative estimate of drug-likeness (QED) is 0.676. The Morgan fingerprint density at radius 1 is 1.37 bits per heavy atom. The molecule has 0 aliphatic rings. The summed E-state index contributed by atoms with van der Waals surface area (Å²) >= 11 is 9.17. The van der Waals surface area contributed by atoms with Crippen LogP contribution in [0.3, 0.4) is 0 Å².